The monoisotopic (exact) mass is 252 g/mol. The van der Waals surface area contributed by atoms with E-state index in [1.54, 1.807) is 24.8 Å². The van der Waals surface area contributed by atoms with Crippen molar-refractivity contribution >= 4 is 23.5 Å². The Morgan fingerprint density at radius 1 is 1.24 bits per heavy atom. The molecule has 0 atom stereocenters. The maximum atomic E-state index is 11.8. The molecule has 0 fully saturated rings. The van der Waals surface area contributed by atoms with Crippen molar-refractivity contribution in [2.24, 2.45) is 0 Å². The van der Waals surface area contributed by atoms with Crippen LogP contribution in [0.5, 0.6) is 0 Å². The number of hydrogen-bond donors (Lipinski definition) is 0. The Hall–Kier alpha value is -1.29. The molecule has 0 spiro atoms. The largest absolute Gasteiger partial charge is 0.460 e. The summed E-state index contributed by atoms with van der Waals surface area (Å²) in [6.45, 7) is 5.69. The molecule has 0 aliphatic rings. The summed E-state index contributed by atoms with van der Waals surface area (Å²) in [6, 6.07) is 3.55. The lowest BCUT2D eigenvalue weighted by molar-refractivity contribution is -0.137. The zero-order valence-electron chi connectivity index (χ0n) is 10.5. The lowest BCUT2D eigenvalue weighted by Gasteiger charge is -2.10. The van der Waals surface area contributed by atoms with E-state index < -0.39 is 11.8 Å². The van der Waals surface area contributed by atoms with Gasteiger partial charge in [-0.2, -0.15) is 0 Å². The van der Waals surface area contributed by atoms with Crippen LogP contribution in [0.2, 0.25) is 0 Å². The highest BCUT2D eigenvalue weighted by molar-refractivity contribution is 7.98. The Bertz CT molecular complexity index is 452. The van der Waals surface area contributed by atoms with Crippen molar-refractivity contribution in [3.63, 3.8) is 0 Å². The fraction of sp³-hybridized carbons (Fsp3) is 0.385. The minimum absolute atomic E-state index is 0.214. The molecule has 92 valence electrons. The van der Waals surface area contributed by atoms with Crippen molar-refractivity contribution in [2.75, 3.05) is 12.9 Å². The molecule has 0 saturated carbocycles. The molecular weight excluding hydrogens is 236 g/mol. The van der Waals surface area contributed by atoms with E-state index in [1.165, 1.54) is 0 Å². The van der Waals surface area contributed by atoms with Gasteiger partial charge in [-0.1, -0.05) is 0 Å². The fourth-order valence-corrected chi connectivity index (χ4v) is 2.23. The summed E-state index contributed by atoms with van der Waals surface area (Å²) in [6.07, 6.45) is 1.98. The zero-order valence-corrected chi connectivity index (χ0v) is 11.3. The summed E-state index contributed by atoms with van der Waals surface area (Å²) >= 11 is 1.62. The van der Waals surface area contributed by atoms with E-state index in [1.807, 2.05) is 26.2 Å². The molecule has 0 N–H and O–H groups in total. The van der Waals surface area contributed by atoms with Crippen LogP contribution in [0.3, 0.4) is 0 Å². The van der Waals surface area contributed by atoms with Crippen molar-refractivity contribution < 1.29 is 14.3 Å². The number of carbonyl (C=O) groups is 2. The molecule has 4 heteroatoms. The van der Waals surface area contributed by atoms with Crippen LogP contribution in [0.15, 0.2) is 17.0 Å². The van der Waals surface area contributed by atoms with Gasteiger partial charge in [0.1, 0.15) is 0 Å². The first-order chi connectivity index (χ1) is 8.02. The summed E-state index contributed by atoms with van der Waals surface area (Å²) in [5, 5.41) is 0. The first-order valence-electron chi connectivity index (χ1n) is 5.38. The van der Waals surface area contributed by atoms with Crippen LogP contribution >= 0.6 is 11.8 Å². The molecule has 0 aliphatic heterocycles. The van der Waals surface area contributed by atoms with Crippen LogP contribution in [0.25, 0.3) is 0 Å². The topological polar surface area (TPSA) is 43.4 Å². The van der Waals surface area contributed by atoms with Gasteiger partial charge >= 0.3 is 5.97 Å². The third kappa shape index (κ3) is 2.88. The van der Waals surface area contributed by atoms with Gasteiger partial charge < -0.3 is 4.74 Å². The Balaban J connectivity index is 3.12. The zero-order chi connectivity index (χ0) is 13.0. The highest BCUT2D eigenvalue weighted by Crippen LogP contribution is 2.25. The first-order valence-corrected chi connectivity index (χ1v) is 6.61. The van der Waals surface area contributed by atoms with E-state index in [4.69, 9.17) is 4.74 Å². The van der Waals surface area contributed by atoms with E-state index in [9.17, 15) is 9.59 Å². The van der Waals surface area contributed by atoms with Gasteiger partial charge in [0, 0.05) is 10.5 Å². The second-order valence-electron chi connectivity index (χ2n) is 3.61. The van der Waals surface area contributed by atoms with Crippen molar-refractivity contribution in [2.45, 2.75) is 25.7 Å². The molecule has 3 nitrogen and oxygen atoms in total. The molecule has 1 rings (SSSR count). The maximum Gasteiger partial charge on any atom is 0.379 e. The predicted octanol–water partition coefficient (Wildman–Crippen LogP) is 2.77. The molecule has 0 saturated heterocycles. The maximum absolute atomic E-state index is 11.8. The van der Waals surface area contributed by atoms with Crippen LogP contribution in [0.1, 0.15) is 28.4 Å². The highest BCUT2D eigenvalue weighted by atomic mass is 32.2. The molecule has 0 bridgehead atoms. The van der Waals surface area contributed by atoms with Crippen LogP contribution in [-0.4, -0.2) is 24.6 Å². The Kier molecular flexibility index (Phi) is 4.75. The standard InChI is InChI=1S/C13H16O3S/c1-5-16-13(15)12(14)10-6-7-11(17-4)9(3)8(10)2/h6-7H,5H2,1-4H3. The van der Waals surface area contributed by atoms with Gasteiger partial charge in [0.2, 0.25) is 0 Å². The fourth-order valence-electron chi connectivity index (χ4n) is 1.57. The number of Topliss-reactive ketones (excluding diaryl/α,β-unsaturated/α-hetero) is 1. The van der Waals surface area contributed by atoms with E-state index >= 15 is 0 Å². The number of esters is 1. The predicted molar refractivity (Wildman–Crippen MR) is 68.7 cm³/mol. The minimum atomic E-state index is -0.785. The number of hydrogen-bond acceptors (Lipinski definition) is 4. The van der Waals surface area contributed by atoms with Gasteiger partial charge in [-0.25, -0.2) is 4.79 Å². The Morgan fingerprint density at radius 3 is 2.41 bits per heavy atom. The second-order valence-corrected chi connectivity index (χ2v) is 4.46. The molecule has 0 aliphatic carbocycles. The number of benzene rings is 1. The molecule has 0 heterocycles. The number of ether oxygens (including phenoxy) is 1. The van der Waals surface area contributed by atoms with Gasteiger partial charge in [0.05, 0.1) is 6.61 Å². The highest BCUT2D eigenvalue weighted by Gasteiger charge is 2.20. The normalized spacial score (nSPS) is 10.1. The average molecular weight is 252 g/mol. The molecule has 17 heavy (non-hydrogen) atoms. The van der Waals surface area contributed by atoms with Gasteiger partial charge in [0.25, 0.3) is 5.78 Å². The summed E-state index contributed by atoms with van der Waals surface area (Å²) < 4.78 is 4.72. The summed E-state index contributed by atoms with van der Waals surface area (Å²) in [5.74, 6) is -1.35. The molecule has 0 amide bonds. The lowest BCUT2D eigenvalue weighted by atomic mass is 10.00. The third-order valence-corrected chi connectivity index (χ3v) is 3.54. The molecular formula is C13H16O3S. The summed E-state index contributed by atoms with van der Waals surface area (Å²) in [5.41, 5.74) is 2.31. The van der Waals surface area contributed by atoms with Gasteiger partial charge in [0.15, 0.2) is 0 Å². The Labute approximate surface area is 106 Å². The Morgan fingerprint density at radius 2 is 1.88 bits per heavy atom. The van der Waals surface area contributed by atoms with Crippen molar-refractivity contribution in [3.05, 3.63) is 28.8 Å². The molecule has 0 aromatic heterocycles. The number of thioether (sulfide) groups is 1. The smallest absolute Gasteiger partial charge is 0.379 e. The quantitative estimate of drug-likeness (QED) is 0.358. The SMILES string of the molecule is CCOC(=O)C(=O)c1ccc(SC)c(C)c1C. The van der Waals surface area contributed by atoms with Crippen molar-refractivity contribution in [1.29, 1.82) is 0 Å². The molecule has 1 aromatic carbocycles. The first kappa shape index (κ1) is 13.8. The second kappa shape index (κ2) is 5.87. The number of rotatable bonds is 4. The average Bonchev–Trinajstić information content (AvgIpc) is 2.32. The third-order valence-electron chi connectivity index (χ3n) is 2.66. The van der Waals surface area contributed by atoms with E-state index in [0.29, 0.717) is 5.56 Å². The van der Waals surface area contributed by atoms with Gasteiger partial charge in [-0.05, 0) is 50.3 Å². The summed E-state index contributed by atoms with van der Waals surface area (Å²) in [4.78, 5) is 24.3. The van der Waals surface area contributed by atoms with E-state index in [-0.39, 0.29) is 6.61 Å². The van der Waals surface area contributed by atoms with Crippen LogP contribution in [-0.2, 0) is 9.53 Å². The van der Waals surface area contributed by atoms with E-state index in [2.05, 4.69) is 0 Å². The van der Waals surface area contributed by atoms with Crippen molar-refractivity contribution in [3.8, 4) is 0 Å². The van der Waals surface area contributed by atoms with Crippen molar-refractivity contribution in [1.82, 2.24) is 0 Å². The number of ketones is 1. The van der Waals surface area contributed by atoms with Crippen LogP contribution < -0.4 is 0 Å². The molecule has 0 radical (unpaired) electrons. The molecule has 1 aromatic rings. The minimum Gasteiger partial charge on any atom is -0.460 e. The lowest BCUT2D eigenvalue weighted by Crippen LogP contribution is -2.18. The number of carbonyl (C=O) groups excluding carboxylic acids is 2. The van der Waals surface area contributed by atoms with Gasteiger partial charge in [-0.15, -0.1) is 11.8 Å². The van der Waals surface area contributed by atoms with E-state index in [0.717, 1.165) is 16.0 Å². The molecule has 0 unspecified atom stereocenters. The van der Waals surface area contributed by atoms with Crippen LogP contribution in [0, 0.1) is 13.8 Å². The van der Waals surface area contributed by atoms with Crippen LogP contribution in [0.4, 0.5) is 0 Å². The van der Waals surface area contributed by atoms with Gasteiger partial charge in [-0.3, -0.25) is 4.79 Å². The summed E-state index contributed by atoms with van der Waals surface area (Å²) in [7, 11) is 0.